The van der Waals surface area contributed by atoms with Gasteiger partial charge in [-0.2, -0.15) is 9.40 Å². The molecule has 0 aliphatic carbocycles. The molecule has 1 saturated heterocycles. The smallest absolute Gasteiger partial charge is 0.246 e. The standard InChI is InChI=1S/C18H20FN5O3S2/c1-11-17(9-23(2)22-11)29(26,27)24-6-5-13(14(19)8-24)18(25)21-12-3-4-16-15(7-12)20-10-28-16/h3-4,7,9-10,13-14H,5-6,8H2,1-2H3,(H,21,25)/t13-,14-/m0/s1. The number of thiazole rings is 1. The minimum absolute atomic E-state index is 0.0617. The fraction of sp³-hybridized carbons (Fsp3) is 0.389. The molecule has 0 unspecified atom stereocenters. The number of sulfonamides is 1. The first kappa shape index (κ1) is 19.9. The predicted molar refractivity (Wildman–Crippen MR) is 108 cm³/mol. The zero-order chi connectivity index (χ0) is 20.8. The lowest BCUT2D eigenvalue weighted by molar-refractivity contribution is -0.123. The molecular weight excluding hydrogens is 417 g/mol. The lowest BCUT2D eigenvalue weighted by atomic mass is 9.95. The third-order valence-corrected chi connectivity index (χ3v) is 7.80. The number of rotatable bonds is 4. The number of carbonyl (C=O) groups excluding carboxylic acids is 1. The Labute approximate surface area is 171 Å². The second kappa shape index (κ2) is 7.47. The minimum atomic E-state index is -3.86. The molecule has 11 heteroatoms. The van der Waals surface area contributed by atoms with E-state index in [1.807, 2.05) is 6.07 Å². The highest BCUT2D eigenvalue weighted by atomic mass is 32.2. The van der Waals surface area contributed by atoms with E-state index in [9.17, 15) is 17.6 Å². The zero-order valence-electron chi connectivity index (χ0n) is 15.9. The van der Waals surface area contributed by atoms with Crippen LogP contribution in [0.3, 0.4) is 0 Å². The summed E-state index contributed by atoms with van der Waals surface area (Å²) in [6.45, 7) is 1.30. The number of hydrogen-bond acceptors (Lipinski definition) is 6. The quantitative estimate of drug-likeness (QED) is 0.676. The van der Waals surface area contributed by atoms with Crippen molar-refractivity contribution in [2.45, 2.75) is 24.4 Å². The number of anilines is 1. The normalized spacial score (nSPS) is 20.8. The molecule has 1 amide bonds. The van der Waals surface area contributed by atoms with Crippen LogP contribution in [-0.4, -0.2) is 52.7 Å². The predicted octanol–water partition coefficient (Wildman–Crippen LogP) is 2.33. The molecule has 3 heterocycles. The summed E-state index contributed by atoms with van der Waals surface area (Å²) in [5, 5.41) is 6.77. The first-order chi connectivity index (χ1) is 13.8. The van der Waals surface area contributed by atoms with E-state index in [1.54, 1.807) is 31.6 Å². The molecule has 154 valence electrons. The van der Waals surface area contributed by atoms with E-state index in [0.29, 0.717) is 11.4 Å². The molecular formula is C18H20FN5O3S2. The van der Waals surface area contributed by atoms with E-state index < -0.39 is 28.0 Å². The molecule has 0 radical (unpaired) electrons. The van der Waals surface area contributed by atoms with E-state index in [4.69, 9.17) is 0 Å². The van der Waals surface area contributed by atoms with E-state index in [1.165, 1.54) is 22.2 Å². The van der Waals surface area contributed by atoms with Gasteiger partial charge in [-0.1, -0.05) is 0 Å². The Bertz CT molecular complexity index is 1170. The van der Waals surface area contributed by atoms with Crippen LogP contribution in [0.5, 0.6) is 0 Å². The average molecular weight is 438 g/mol. The van der Waals surface area contributed by atoms with Gasteiger partial charge in [0, 0.05) is 32.0 Å². The van der Waals surface area contributed by atoms with Gasteiger partial charge in [0.05, 0.1) is 27.3 Å². The van der Waals surface area contributed by atoms with Gasteiger partial charge in [0.25, 0.3) is 0 Å². The topological polar surface area (TPSA) is 97.2 Å². The van der Waals surface area contributed by atoms with Crippen LogP contribution in [0.1, 0.15) is 12.1 Å². The number of carbonyl (C=O) groups is 1. The third kappa shape index (κ3) is 3.77. The Hall–Kier alpha value is -2.37. The monoisotopic (exact) mass is 437 g/mol. The van der Waals surface area contributed by atoms with Gasteiger partial charge in [-0.3, -0.25) is 9.48 Å². The first-order valence-corrected chi connectivity index (χ1v) is 11.4. The summed E-state index contributed by atoms with van der Waals surface area (Å²) in [6.07, 6.45) is -0.0889. The van der Waals surface area contributed by atoms with E-state index in [2.05, 4.69) is 15.4 Å². The molecule has 1 aliphatic rings. The second-order valence-electron chi connectivity index (χ2n) is 7.05. The minimum Gasteiger partial charge on any atom is -0.326 e. The number of alkyl halides is 1. The van der Waals surface area contributed by atoms with Crippen LogP contribution in [0.15, 0.2) is 34.8 Å². The van der Waals surface area contributed by atoms with E-state index >= 15 is 0 Å². The number of aromatic nitrogens is 3. The highest BCUT2D eigenvalue weighted by Gasteiger charge is 2.40. The van der Waals surface area contributed by atoms with E-state index in [0.717, 1.165) is 14.5 Å². The molecule has 2 atom stereocenters. The number of halogens is 1. The second-order valence-corrected chi connectivity index (χ2v) is 9.84. The Kier molecular flexibility index (Phi) is 5.13. The van der Waals surface area contributed by atoms with Crippen molar-refractivity contribution in [1.29, 1.82) is 0 Å². The number of hydrogen-bond donors (Lipinski definition) is 1. The van der Waals surface area contributed by atoms with Gasteiger partial charge < -0.3 is 5.32 Å². The van der Waals surface area contributed by atoms with Crippen molar-refractivity contribution in [2.24, 2.45) is 13.0 Å². The third-order valence-electron chi connectivity index (χ3n) is 5.03. The van der Waals surface area contributed by atoms with Crippen LogP contribution in [0.2, 0.25) is 0 Å². The lowest BCUT2D eigenvalue weighted by Gasteiger charge is -2.33. The average Bonchev–Trinajstić information content (AvgIpc) is 3.26. The maximum Gasteiger partial charge on any atom is 0.246 e. The molecule has 0 spiro atoms. The SMILES string of the molecule is Cc1nn(C)cc1S(=O)(=O)N1CC[C@H](C(=O)Nc2ccc3scnc3c2)[C@@H](F)C1. The summed E-state index contributed by atoms with van der Waals surface area (Å²) in [4.78, 5) is 16.8. The summed E-state index contributed by atoms with van der Waals surface area (Å²) in [7, 11) is -2.23. The molecule has 29 heavy (non-hydrogen) atoms. The molecule has 8 nitrogen and oxygen atoms in total. The Balaban J connectivity index is 1.45. The molecule has 4 rings (SSSR count). The maximum atomic E-state index is 14.8. The largest absolute Gasteiger partial charge is 0.326 e. The fourth-order valence-corrected chi connectivity index (χ4v) is 5.85. The van der Waals surface area contributed by atoms with Gasteiger partial charge >= 0.3 is 0 Å². The molecule has 0 bridgehead atoms. The van der Waals surface area contributed by atoms with Crippen molar-refractivity contribution in [2.75, 3.05) is 18.4 Å². The van der Waals surface area contributed by atoms with Gasteiger partial charge in [-0.05, 0) is 31.5 Å². The number of benzene rings is 1. The molecule has 0 saturated carbocycles. The summed E-state index contributed by atoms with van der Waals surface area (Å²) in [6, 6.07) is 5.33. The molecule has 1 N–H and O–H groups in total. The molecule has 2 aromatic heterocycles. The van der Waals surface area contributed by atoms with Gasteiger partial charge in [0.15, 0.2) is 0 Å². The number of aryl methyl sites for hydroxylation is 2. The molecule has 3 aromatic rings. The van der Waals surface area contributed by atoms with Crippen LogP contribution in [0.4, 0.5) is 10.1 Å². The van der Waals surface area contributed by atoms with Crippen molar-refractivity contribution < 1.29 is 17.6 Å². The Morgan fingerprint density at radius 2 is 2.17 bits per heavy atom. The Morgan fingerprint density at radius 3 is 2.86 bits per heavy atom. The van der Waals surface area contributed by atoms with Crippen LogP contribution >= 0.6 is 11.3 Å². The summed E-state index contributed by atoms with van der Waals surface area (Å²) in [5.74, 6) is -1.37. The van der Waals surface area contributed by atoms with Crippen molar-refractivity contribution in [3.63, 3.8) is 0 Å². The van der Waals surface area contributed by atoms with Gasteiger partial charge in [0.2, 0.25) is 15.9 Å². The van der Waals surface area contributed by atoms with Crippen LogP contribution < -0.4 is 5.32 Å². The number of fused-ring (bicyclic) bond motifs is 1. The highest BCUT2D eigenvalue weighted by Crippen LogP contribution is 2.28. The fourth-order valence-electron chi connectivity index (χ4n) is 3.53. The number of nitrogens with one attached hydrogen (secondary N) is 1. The van der Waals surface area contributed by atoms with Crippen LogP contribution in [0, 0.1) is 12.8 Å². The van der Waals surface area contributed by atoms with Crippen molar-refractivity contribution in [1.82, 2.24) is 19.1 Å². The number of amides is 1. The summed E-state index contributed by atoms with van der Waals surface area (Å²) < 4.78 is 44.0. The van der Waals surface area contributed by atoms with Crippen molar-refractivity contribution in [3.8, 4) is 0 Å². The van der Waals surface area contributed by atoms with Crippen LogP contribution in [-0.2, 0) is 21.9 Å². The van der Waals surface area contributed by atoms with Gasteiger partial charge in [-0.25, -0.2) is 17.8 Å². The van der Waals surface area contributed by atoms with Gasteiger partial charge in [-0.15, -0.1) is 11.3 Å². The number of piperidine rings is 1. The van der Waals surface area contributed by atoms with Gasteiger partial charge in [0.1, 0.15) is 11.1 Å². The summed E-state index contributed by atoms with van der Waals surface area (Å²) in [5.41, 5.74) is 3.38. The lowest BCUT2D eigenvalue weighted by Crippen LogP contribution is -2.48. The molecule has 1 aromatic carbocycles. The summed E-state index contributed by atoms with van der Waals surface area (Å²) >= 11 is 1.49. The maximum absolute atomic E-state index is 14.8. The first-order valence-electron chi connectivity index (χ1n) is 9.04. The number of nitrogens with zero attached hydrogens (tertiary/aromatic N) is 4. The van der Waals surface area contributed by atoms with Crippen molar-refractivity contribution in [3.05, 3.63) is 35.6 Å². The molecule has 1 fully saturated rings. The van der Waals surface area contributed by atoms with E-state index in [-0.39, 0.29) is 24.4 Å². The highest BCUT2D eigenvalue weighted by molar-refractivity contribution is 7.89. The zero-order valence-corrected chi connectivity index (χ0v) is 17.5. The van der Waals surface area contributed by atoms with Crippen LogP contribution in [0.25, 0.3) is 10.2 Å². The Morgan fingerprint density at radius 1 is 1.38 bits per heavy atom. The van der Waals surface area contributed by atoms with Crippen molar-refractivity contribution >= 4 is 43.2 Å². The molecule has 1 aliphatic heterocycles.